The summed E-state index contributed by atoms with van der Waals surface area (Å²) in [5, 5.41) is 0. The molecule has 3 heteroatoms. The van der Waals surface area contributed by atoms with Gasteiger partial charge in [0.2, 0.25) is 0 Å². The van der Waals surface area contributed by atoms with E-state index in [1.54, 1.807) is 7.11 Å². The van der Waals surface area contributed by atoms with E-state index in [2.05, 4.69) is 37.0 Å². The quantitative estimate of drug-likeness (QED) is 0.704. The van der Waals surface area contributed by atoms with Gasteiger partial charge < -0.3 is 9.72 Å². The molecule has 3 nitrogen and oxygen atoms in total. The monoisotopic (exact) mass is 305 g/mol. The van der Waals surface area contributed by atoms with Crippen LogP contribution in [-0.4, -0.2) is 18.4 Å². The van der Waals surface area contributed by atoms with Crippen molar-refractivity contribution >= 4 is 6.29 Å². The van der Waals surface area contributed by atoms with Gasteiger partial charge >= 0.3 is 0 Å². The molecule has 23 heavy (non-hydrogen) atoms. The molecule has 0 saturated carbocycles. The maximum atomic E-state index is 11.5. The first-order valence-electron chi connectivity index (χ1n) is 7.52. The molecule has 0 aliphatic rings. The van der Waals surface area contributed by atoms with Gasteiger partial charge in [-0.15, -0.1) is 0 Å². The minimum atomic E-state index is 0.600. The lowest BCUT2D eigenvalue weighted by molar-refractivity contribution is 0.112. The van der Waals surface area contributed by atoms with Crippen LogP contribution in [0.2, 0.25) is 0 Å². The number of hydrogen-bond acceptors (Lipinski definition) is 2. The Labute approximate surface area is 135 Å². The average molecular weight is 305 g/mol. The first-order chi connectivity index (χ1) is 11.1. The van der Waals surface area contributed by atoms with Gasteiger partial charge in [-0.05, 0) is 60.9 Å². The summed E-state index contributed by atoms with van der Waals surface area (Å²) >= 11 is 0. The van der Waals surface area contributed by atoms with E-state index >= 15 is 0 Å². The fourth-order valence-corrected chi connectivity index (χ4v) is 2.83. The summed E-state index contributed by atoms with van der Waals surface area (Å²) in [6, 6.07) is 16.1. The lowest BCUT2D eigenvalue weighted by Crippen LogP contribution is -1.88. The van der Waals surface area contributed by atoms with E-state index in [0.717, 1.165) is 40.0 Å². The number of carbonyl (C=O) groups is 1. The molecule has 0 amide bonds. The van der Waals surface area contributed by atoms with Crippen LogP contribution < -0.4 is 4.74 Å². The molecule has 0 radical (unpaired) electrons. The molecule has 0 aliphatic carbocycles. The number of hydrogen-bond donors (Lipinski definition) is 1. The number of rotatable bonds is 4. The molecule has 0 atom stereocenters. The maximum Gasteiger partial charge on any atom is 0.166 e. The summed E-state index contributed by atoms with van der Waals surface area (Å²) < 4.78 is 5.19. The molecule has 0 aliphatic heterocycles. The zero-order valence-corrected chi connectivity index (χ0v) is 13.5. The van der Waals surface area contributed by atoms with E-state index in [1.165, 1.54) is 5.56 Å². The fraction of sp³-hybridized carbons (Fsp3) is 0.150. The fourth-order valence-electron chi connectivity index (χ4n) is 2.83. The zero-order valence-electron chi connectivity index (χ0n) is 13.5. The first kappa shape index (κ1) is 15.1. The number of benzene rings is 2. The number of ether oxygens (including phenoxy) is 1. The van der Waals surface area contributed by atoms with Crippen molar-refractivity contribution in [3.8, 4) is 28.1 Å². The van der Waals surface area contributed by atoms with Gasteiger partial charge in [-0.1, -0.05) is 23.8 Å². The Hall–Kier alpha value is -2.81. The largest absolute Gasteiger partial charge is 0.497 e. The van der Waals surface area contributed by atoms with Gasteiger partial charge in [-0.2, -0.15) is 0 Å². The number of aromatic amines is 1. The van der Waals surface area contributed by atoms with Gasteiger partial charge in [-0.3, -0.25) is 4.79 Å². The Morgan fingerprint density at radius 3 is 2.30 bits per heavy atom. The van der Waals surface area contributed by atoms with Crippen LogP contribution in [0.4, 0.5) is 0 Å². The topological polar surface area (TPSA) is 42.1 Å². The van der Waals surface area contributed by atoms with Crippen LogP contribution in [0, 0.1) is 13.8 Å². The van der Waals surface area contributed by atoms with Gasteiger partial charge in [0.15, 0.2) is 6.29 Å². The molecule has 0 fully saturated rings. The van der Waals surface area contributed by atoms with E-state index in [-0.39, 0.29) is 0 Å². The van der Waals surface area contributed by atoms with Crippen molar-refractivity contribution in [3.05, 3.63) is 65.4 Å². The van der Waals surface area contributed by atoms with Crippen molar-refractivity contribution in [3.63, 3.8) is 0 Å². The second-order valence-electron chi connectivity index (χ2n) is 5.68. The molecule has 0 bridgehead atoms. The summed E-state index contributed by atoms with van der Waals surface area (Å²) in [5.41, 5.74) is 6.92. The number of aryl methyl sites for hydroxylation is 2. The molecular weight excluding hydrogens is 286 g/mol. The molecule has 1 aromatic heterocycles. The number of carbonyl (C=O) groups excluding carboxylic acids is 1. The molecule has 1 heterocycles. The molecule has 3 aromatic rings. The minimum Gasteiger partial charge on any atom is -0.497 e. The summed E-state index contributed by atoms with van der Waals surface area (Å²) in [4.78, 5) is 14.7. The Bertz CT molecular complexity index is 845. The van der Waals surface area contributed by atoms with E-state index < -0.39 is 0 Å². The molecule has 2 aromatic carbocycles. The number of methoxy groups -OCH3 is 1. The van der Waals surface area contributed by atoms with Crippen molar-refractivity contribution < 1.29 is 9.53 Å². The minimum absolute atomic E-state index is 0.600. The third kappa shape index (κ3) is 2.90. The highest BCUT2D eigenvalue weighted by molar-refractivity contribution is 5.89. The Morgan fingerprint density at radius 1 is 0.957 bits per heavy atom. The maximum absolute atomic E-state index is 11.5. The summed E-state index contributed by atoms with van der Waals surface area (Å²) in [6.45, 7) is 4.13. The molecule has 1 N–H and O–H groups in total. The lowest BCUT2D eigenvalue weighted by Gasteiger charge is -2.05. The zero-order chi connectivity index (χ0) is 16.4. The van der Waals surface area contributed by atoms with Gasteiger partial charge in [0.05, 0.1) is 12.8 Å². The Kier molecular flexibility index (Phi) is 4.02. The lowest BCUT2D eigenvalue weighted by atomic mass is 9.98. The summed E-state index contributed by atoms with van der Waals surface area (Å²) in [5.74, 6) is 0.811. The van der Waals surface area contributed by atoms with Crippen LogP contribution in [0.15, 0.2) is 48.5 Å². The van der Waals surface area contributed by atoms with Crippen LogP contribution >= 0.6 is 0 Å². The number of H-pyrrole nitrogens is 1. The normalized spacial score (nSPS) is 10.6. The van der Waals surface area contributed by atoms with Gasteiger partial charge in [-0.25, -0.2) is 0 Å². The highest BCUT2D eigenvalue weighted by Crippen LogP contribution is 2.32. The third-order valence-electron chi connectivity index (χ3n) is 4.04. The predicted octanol–water partition coefficient (Wildman–Crippen LogP) is 4.79. The van der Waals surface area contributed by atoms with Gasteiger partial charge in [0, 0.05) is 11.3 Å². The predicted molar refractivity (Wildman–Crippen MR) is 93.1 cm³/mol. The van der Waals surface area contributed by atoms with E-state index in [1.807, 2.05) is 30.3 Å². The SMILES string of the molecule is COc1ccc(-c2cc(-c3ccc(C)cc3C)c(C=O)[nH]2)cc1. The molecule has 0 saturated heterocycles. The number of nitrogens with one attached hydrogen (secondary N) is 1. The van der Waals surface area contributed by atoms with Crippen LogP contribution in [0.3, 0.4) is 0 Å². The molecule has 0 spiro atoms. The highest BCUT2D eigenvalue weighted by Gasteiger charge is 2.13. The second kappa shape index (κ2) is 6.13. The standard InChI is InChI=1S/C20H19NO2/c1-13-4-9-17(14(2)10-13)18-11-19(21-20(18)12-22)15-5-7-16(23-3)8-6-15/h4-12,21H,1-3H3. The van der Waals surface area contributed by atoms with Crippen molar-refractivity contribution in [1.82, 2.24) is 4.98 Å². The Morgan fingerprint density at radius 2 is 1.70 bits per heavy atom. The molecule has 3 rings (SSSR count). The number of aromatic nitrogens is 1. The smallest absolute Gasteiger partial charge is 0.166 e. The first-order valence-corrected chi connectivity index (χ1v) is 7.52. The van der Waals surface area contributed by atoms with E-state index in [9.17, 15) is 4.79 Å². The highest BCUT2D eigenvalue weighted by atomic mass is 16.5. The van der Waals surface area contributed by atoms with Crippen LogP contribution in [0.5, 0.6) is 5.75 Å². The van der Waals surface area contributed by atoms with Crippen molar-refractivity contribution in [2.45, 2.75) is 13.8 Å². The number of aldehydes is 1. The van der Waals surface area contributed by atoms with Crippen molar-refractivity contribution in [2.24, 2.45) is 0 Å². The molecular formula is C20H19NO2. The van der Waals surface area contributed by atoms with Gasteiger partial charge in [0.25, 0.3) is 0 Å². The molecule has 0 unspecified atom stereocenters. The average Bonchev–Trinajstić information content (AvgIpc) is 2.99. The third-order valence-corrected chi connectivity index (χ3v) is 4.04. The van der Waals surface area contributed by atoms with E-state index in [4.69, 9.17) is 4.74 Å². The van der Waals surface area contributed by atoms with Crippen LogP contribution in [0.1, 0.15) is 21.6 Å². The van der Waals surface area contributed by atoms with Crippen LogP contribution in [-0.2, 0) is 0 Å². The second-order valence-corrected chi connectivity index (χ2v) is 5.68. The van der Waals surface area contributed by atoms with Crippen LogP contribution in [0.25, 0.3) is 22.4 Å². The summed E-state index contributed by atoms with van der Waals surface area (Å²) in [7, 11) is 1.65. The van der Waals surface area contributed by atoms with Crippen molar-refractivity contribution in [1.29, 1.82) is 0 Å². The van der Waals surface area contributed by atoms with Gasteiger partial charge in [0.1, 0.15) is 5.75 Å². The molecule has 116 valence electrons. The van der Waals surface area contributed by atoms with Crippen molar-refractivity contribution in [2.75, 3.05) is 7.11 Å². The summed E-state index contributed by atoms with van der Waals surface area (Å²) in [6.07, 6.45) is 0.877. The van der Waals surface area contributed by atoms with E-state index in [0.29, 0.717) is 5.69 Å². The Balaban J connectivity index is 2.08.